The van der Waals surface area contributed by atoms with Crippen LogP contribution in [0.5, 0.6) is 11.5 Å². The Bertz CT molecular complexity index is 1290. The van der Waals surface area contributed by atoms with Crippen molar-refractivity contribution in [1.29, 1.82) is 0 Å². The van der Waals surface area contributed by atoms with E-state index in [1.165, 1.54) is 65.9 Å². The summed E-state index contributed by atoms with van der Waals surface area (Å²) in [7, 11) is 0. The van der Waals surface area contributed by atoms with Crippen LogP contribution in [-0.2, 0) is 11.8 Å². The maximum Gasteiger partial charge on any atom is 0.116 e. The number of fused-ring (bicyclic) bond motifs is 4. The lowest BCUT2D eigenvalue weighted by atomic mass is 9.77. The maximum absolute atomic E-state index is 10.3. The first-order valence-corrected chi connectivity index (χ1v) is 13.1. The summed E-state index contributed by atoms with van der Waals surface area (Å²) in [5.74, 6) is 2.01. The van der Waals surface area contributed by atoms with E-state index >= 15 is 0 Å². The molecule has 36 heavy (non-hydrogen) atoms. The zero-order valence-corrected chi connectivity index (χ0v) is 22.0. The van der Waals surface area contributed by atoms with Crippen LogP contribution in [0.15, 0.2) is 66.7 Å². The number of halogens is 1. The van der Waals surface area contributed by atoms with Gasteiger partial charge in [0.2, 0.25) is 0 Å². The number of hydrogen-bond donors (Lipinski definition) is 2. The molecule has 188 valence electrons. The van der Waals surface area contributed by atoms with Gasteiger partial charge in [0.25, 0.3) is 0 Å². The lowest BCUT2D eigenvalue weighted by Crippen LogP contribution is -2.35. The smallest absolute Gasteiger partial charge is 0.116 e. The molecule has 1 atom stereocenters. The van der Waals surface area contributed by atoms with Crippen molar-refractivity contribution in [2.75, 3.05) is 19.6 Å². The highest BCUT2D eigenvalue weighted by molar-refractivity contribution is 5.89. The van der Waals surface area contributed by atoms with E-state index in [1.54, 1.807) is 6.07 Å². The Hall–Kier alpha value is -2.75. The molecule has 1 unspecified atom stereocenters. The standard InChI is InChI=1S/C32H35NO2.ClH/c1-21(2)20-33-15-12-23(13-16-33)22-3-5-24(6-4-22)29-19-32(31-10-8-27(35)18-28(29)31)14-11-25-17-26(34)7-9-30(25)32;/h3-10,17-19,21,23,34-35H,11-16,20H2,1-2H3;1H. The molecule has 0 bridgehead atoms. The zero-order chi connectivity index (χ0) is 24.2. The number of aryl methyl sites for hydroxylation is 1. The molecule has 1 saturated heterocycles. The van der Waals surface area contributed by atoms with E-state index in [-0.39, 0.29) is 17.8 Å². The van der Waals surface area contributed by atoms with Gasteiger partial charge in [0.05, 0.1) is 0 Å². The van der Waals surface area contributed by atoms with Crippen molar-refractivity contribution >= 4 is 18.0 Å². The van der Waals surface area contributed by atoms with E-state index in [0.717, 1.165) is 24.3 Å². The second-order valence-electron chi connectivity index (χ2n) is 11.2. The van der Waals surface area contributed by atoms with Crippen LogP contribution < -0.4 is 0 Å². The largest absolute Gasteiger partial charge is 0.508 e. The summed E-state index contributed by atoms with van der Waals surface area (Å²) in [6, 6.07) is 20.8. The van der Waals surface area contributed by atoms with Crippen LogP contribution in [0.2, 0.25) is 0 Å². The molecule has 0 saturated carbocycles. The van der Waals surface area contributed by atoms with Crippen molar-refractivity contribution in [3.05, 3.63) is 100 Å². The summed E-state index contributed by atoms with van der Waals surface area (Å²) in [4.78, 5) is 2.61. The molecule has 4 heteroatoms. The van der Waals surface area contributed by atoms with Gasteiger partial charge in [-0.1, -0.05) is 56.3 Å². The quantitative estimate of drug-likeness (QED) is 0.403. The number of likely N-dealkylation sites (tertiary alicyclic amines) is 1. The highest BCUT2D eigenvalue weighted by Crippen LogP contribution is 2.54. The van der Waals surface area contributed by atoms with Gasteiger partial charge >= 0.3 is 0 Å². The van der Waals surface area contributed by atoms with Gasteiger partial charge < -0.3 is 15.1 Å². The third kappa shape index (κ3) is 4.23. The molecular formula is C32H36ClNO2. The first-order chi connectivity index (χ1) is 16.9. The minimum absolute atomic E-state index is 0. The summed E-state index contributed by atoms with van der Waals surface area (Å²) in [6.45, 7) is 8.20. The van der Waals surface area contributed by atoms with Crippen molar-refractivity contribution in [3.63, 3.8) is 0 Å². The fourth-order valence-electron chi connectivity index (χ4n) is 6.80. The molecular weight excluding hydrogens is 466 g/mol. The van der Waals surface area contributed by atoms with Crippen LogP contribution in [0.25, 0.3) is 5.57 Å². The third-order valence-corrected chi connectivity index (χ3v) is 8.43. The number of allylic oxidation sites excluding steroid dienone is 1. The van der Waals surface area contributed by atoms with Gasteiger partial charge in [0.1, 0.15) is 11.5 Å². The average molecular weight is 502 g/mol. The van der Waals surface area contributed by atoms with Gasteiger partial charge in [-0.25, -0.2) is 0 Å². The number of phenolic OH excluding ortho intramolecular Hbond substituents is 2. The summed E-state index contributed by atoms with van der Waals surface area (Å²) in [5, 5.41) is 20.4. The van der Waals surface area contributed by atoms with Gasteiger partial charge in [0.15, 0.2) is 0 Å². The van der Waals surface area contributed by atoms with Crippen molar-refractivity contribution in [3.8, 4) is 11.5 Å². The van der Waals surface area contributed by atoms with Crippen molar-refractivity contribution in [1.82, 2.24) is 4.90 Å². The number of hydrogen-bond acceptors (Lipinski definition) is 3. The van der Waals surface area contributed by atoms with Crippen LogP contribution in [0.1, 0.15) is 72.4 Å². The van der Waals surface area contributed by atoms with Crippen LogP contribution in [0, 0.1) is 5.92 Å². The molecule has 0 aromatic heterocycles. The van der Waals surface area contributed by atoms with Crippen molar-refractivity contribution < 1.29 is 10.2 Å². The van der Waals surface area contributed by atoms with Gasteiger partial charge in [-0.3, -0.25) is 0 Å². The molecule has 6 rings (SSSR count). The first-order valence-electron chi connectivity index (χ1n) is 13.1. The van der Waals surface area contributed by atoms with E-state index in [1.807, 2.05) is 18.2 Å². The Morgan fingerprint density at radius 3 is 2.25 bits per heavy atom. The Labute approximate surface area is 220 Å². The fourth-order valence-corrected chi connectivity index (χ4v) is 6.80. The number of aromatic hydroxyl groups is 2. The predicted molar refractivity (Wildman–Crippen MR) is 149 cm³/mol. The van der Waals surface area contributed by atoms with Crippen molar-refractivity contribution in [2.45, 2.75) is 50.9 Å². The van der Waals surface area contributed by atoms with E-state index in [4.69, 9.17) is 0 Å². The number of rotatable bonds is 4. The van der Waals surface area contributed by atoms with Crippen LogP contribution >= 0.6 is 12.4 Å². The highest BCUT2D eigenvalue weighted by atomic mass is 35.5. The summed E-state index contributed by atoms with van der Waals surface area (Å²) >= 11 is 0. The van der Waals surface area contributed by atoms with E-state index in [2.05, 4.69) is 61.2 Å². The summed E-state index contributed by atoms with van der Waals surface area (Å²) < 4.78 is 0. The topological polar surface area (TPSA) is 43.7 Å². The average Bonchev–Trinajstić information content (AvgIpc) is 3.37. The second-order valence-corrected chi connectivity index (χ2v) is 11.2. The number of piperidine rings is 1. The minimum atomic E-state index is -0.191. The minimum Gasteiger partial charge on any atom is -0.508 e. The molecule has 0 amide bonds. The summed E-state index contributed by atoms with van der Waals surface area (Å²) in [6.07, 6.45) is 6.82. The molecule has 1 fully saturated rings. The van der Waals surface area contributed by atoms with Gasteiger partial charge in [-0.05, 0) is 114 Å². The molecule has 3 nitrogen and oxygen atoms in total. The molecule has 1 spiro atoms. The molecule has 3 aromatic rings. The van der Waals surface area contributed by atoms with E-state index in [0.29, 0.717) is 17.4 Å². The monoisotopic (exact) mass is 501 g/mol. The van der Waals surface area contributed by atoms with E-state index in [9.17, 15) is 10.2 Å². The summed E-state index contributed by atoms with van der Waals surface area (Å²) in [5.41, 5.74) is 8.56. The predicted octanol–water partition coefficient (Wildman–Crippen LogP) is 7.03. The molecule has 1 heterocycles. The first kappa shape index (κ1) is 24.9. The Balaban J connectivity index is 0.00000267. The van der Waals surface area contributed by atoms with Crippen LogP contribution in [0.4, 0.5) is 0 Å². The van der Waals surface area contributed by atoms with Gasteiger partial charge in [-0.2, -0.15) is 0 Å². The van der Waals surface area contributed by atoms with Gasteiger partial charge in [-0.15, -0.1) is 12.4 Å². The number of nitrogens with zero attached hydrogens (tertiary/aromatic N) is 1. The molecule has 1 aliphatic heterocycles. The SMILES string of the molecule is CC(C)CN1CCC(c2ccc(C3=CC4(CCc5cc(O)ccc54)c4ccc(O)cc43)cc2)CC1.Cl. The molecule has 3 aliphatic rings. The molecule has 3 aromatic carbocycles. The lowest BCUT2D eigenvalue weighted by molar-refractivity contribution is 0.192. The Morgan fingerprint density at radius 1 is 0.889 bits per heavy atom. The lowest BCUT2D eigenvalue weighted by Gasteiger charge is -2.33. The molecule has 2 aliphatic carbocycles. The molecule has 0 radical (unpaired) electrons. The van der Waals surface area contributed by atoms with Crippen LogP contribution in [-0.4, -0.2) is 34.7 Å². The molecule has 2 N–H and O–H groups in total. The third-order valence-electron chi connectivity index (χ3n) is 8.43. The number of phenols is 2. The van der Waals surface area contributed by atoms with E-state index < -0.39 is 0 Å². The second kappa shape index (κ2) is 9.61. The fraction of sp³-hybridized carbons (Fsp3) is 0.375. The maximum atomic E-state index is 10.3. The Kier molecular flexibility index (Phi) is 6.65. The zero-order valence-electron chi connectivity index (χ0n) is 21.2. The Morgan fingerprint density at radius 2 is 1.56 bits per heavy atom. The number of benzene rings is 3. The van der Waals surface area contributed by atoms with Gasteiger partial charge in [0, 0.05) is 12.0 Å². The highest BCUT2D eigenvalue weighted by Gasteiger charge is 2.44. The normalized spacial score (nSPS) is 21.4. The van der Waals surface area contributed by atoms with Crippen LogP contribution in [0.3, 0.4) is 0 Å². The van der Waals surface area contributed by atoms with Crippen molar-refractivity contribution in [2.24, 2.45) is 5.92 Å².